The van der Waals surface area contributed by atoms with Crippen LogP contribution in [0.25, 0.3) is 0 Å². The Bertz CT molecular complexity index is 689. The molecule has 1 saturated heterocycles. The van der Waals surface area contributed by atoms with Crippen molar-refractivity contribution in [3.63, 3.8) is 0 Å². The first-order valence-corrected chi connectivity index (χ1v) is 9.41. The molecular formula is C19H28N4O3. The van der Waals surface area contributed by atoms with Gasteiger partial charge in [-0.15, -0.1) is 0 Å². The predicted octanol–water partition coefficient (Wildman–Crippen LogP) is 1.52. The Morgan fingerprint density at radius 2 is 1.81 bits per heavy atom. The Kier molecular flexibility index (Phi) is 5.76. The summed E-state index contributed by atoms with van der Waals surface area (Å²) in [6.45, 7) is 8.82. The van der Waals surface area contributed by atoms with Crippen LogP contribution < -0.4 is 0 Å². The summed E-state index contributed by atoms with van der Waals surface area (Å²) < 4.78 is 2.00. The van der Waals surface area contributed by atoms with Crippen LogP contribution in [0.1, 0.15) is 31.0 Å². The number of carbonyl (C=O) groups is 2. The third kappa shape index (κ3) is 3.82. The van der Waals surface area contributed by atoms with Gasteiger partial charge < -0.3 is 10.0 Å². The van der Waals surface area contributed by atoms with E-state index in [9.17, 15) is 14.7 Å². The van der Waals surface area contributed by atoms with E-state index in [4.69, 9.17) is 0 Å². The number of aryl methyl sites for hydroxylation is 1. The fraction of sp³-hybridized carbons (Fsp3) is 0.632. The molecule has 1 amide bonds. The lowest BCUT2D eigenvalue weighted by Gasteiger charge is -2.37. The van der Waals surface area contributed by atoms with Gasteiger partial charge in [0.05, 0.1) is 18.0 Å². The molecule has 7 nitrogen and oxygen atoms in total. The second-order valence-electron chi connectivity index (χ2n) is 7.17. The molecule has 0 bridgehead atoms. The minimum Gasteiger partial charge on any atom is -0.481 e. The summed E-state index contributed by atoms with van der Waals surface area (Å²) in [6.07, 6.45) is 6.73. The molecule has 26 heavy (non-hydrogen) atoms. The molecule has 1 aromatic heterocycles. The Morgan fingerprint density at radius 1 is 1.15 bits per heavy atom. The number of carboxylic acid groups (broad SMARTS) is 1. The van der Waals surface area contributed by atoms with E-state index in [-0.39, 0.29) is 5.91 Å². The quantitative estimate of drug-likeness (QED) is 0.806. The molecule has 0 saturated carbocycles. The molecule has 142 valence electrons. The van der Waals surface area contributed by atoms with Crippen LogP contribution in [-0.4, -0.2) is 62.7 Å². The maximum absolute atomic E-state index is 12.8. The summed E-state index contributed by atoms with van der Waals surface area (Å²) in [5.41, 5.74) is 2.43. The molecular weight excluding hydrogens is 332 g/mol. The van der Waals surface area contributed by atoms with Crippen LogP contribution in [0.2, 0.25) is 0 Å². The lowest BCUT2D eigenvalue weighted by atomic mass is 9.82. The predicted molar refractivity (Wildman–Crippen MR) is 97.5 cm³/mol. The van der Waals surface area contributed by atoms with Crippen LogP contribution >= 0.6 is 0 Å². The van der Waals surface area contributed by atoms with Crippen LogP contribution in [0.3, 0.4) is 0 Å². The number of aliphatic carboxylic acids is 1. The molecule has 1 fully saturated rings. The van der Waals surface area contributed by atoms with Crippen molar-refractivity contribution in [2.75, 3.05) is 26.2 Å². The number of nitrogens with zero attached hydrogens (tertiary/aromatic N) is 4. The van der Waals surface area contributed by atoms with Crippen molar-refractivity contribution in [1.29, 1.82) is 0 Å². The second-order valence-corrected chi connectivity index (χ2v) is 7.17. The van der Waals surface area contributed by atoms with Crippen molar-refractivity contribution in [1.82, 2.24) is 19.6 Å². The lowest BCUT2D eigenvalue weighted by molar-refractivity contribution is -0.151. The number of carbonyl (C=O) groups excluding carboxylic acids is 1. The minimum absolute atomic E-state index is 0.00335. The maximum Gasteiger partial charge on any atom is 0.307 e. The molecule has 7 heteroatoms. The van der Waals surface area contributed by atoms with Gasteiger partial charge in [0.25, 0.3) is 0 Å². The van der Waals surface area contributed by atoms with E-state index in [0.717, 1.165) is 26.2 Å². The van der Waals surface area contributed by atoms with Crippen LogP contribution in [0, 0.1) is 18.8 Å². The summed E-state index contributed by atoms with van der Waals surface area (Å²) >= 11 is 0. The third-order valence-electron chi connectivity index (χ3n) is 5.65. The molecule has 0 radical (unpaired) electrons. The van der Waals surface area contributed by atoms with Crippen LogP contribution in [0.4, 0.5) is 0 Å². The topological polar surface area (TPSA) is 78.7 Å². The highest BCUT2D eigenvalue weighted by Crippen LogP contribution is 2.28. The Balaban J connectivity index is 1.56. The highest BCUT2D eigenvalue weighted by Gasteiger charge is 2.37. The van der Waals surface area contributed by atoms with Crippen molar-refractivity contribution in [3.8, 4) is 0 Å². The first-order valence-electron chi connectivity index (χ1n) is 9.41. The summed E-state index contributed by atoms with van der Waals surface area (Å²) in [5, 5.41) is 13.8. The molecule has 0 aromatic carbocycles. The van der Waals surface area contributed by atoms with Gasteiger partial charge >= 0.3 is 5.97 Å². The van der Waals surface area contributed by atoms with Crippen molar-refractivity contribution < 1.29 is 14.7 Å². The van der Waals surface area contributed by atoms with Crippen molar-refractivity contribution >= 4 is 11.9 Å². The molecule has 3 rings (SSSR count). The highest BCUT2D eigenvalue weighted by molar-refractivity contribution is 5.85. The van der Waals surface area contributed by atoms with Gasteiger partial charge in [-0.2, -0.15) is 5.10 Å². The van der Waals surface area contributed by atoms with Crippen LogP contribution in [0.5, 0.6) is 0 Å². The average Bonchev–Trinajstić information content (AvgIpc) is 3.01. The lowest BCUT2D eigenvalue weighted by Crippen LogP contribution is -2.51. The molecule has 2 aliphatic rings. The van der Waals surface area contributed by atoms with Gasteiger partial charge in [0.15, 0.2) is 0 Å². The van der Waals surface area contributed by atoms with Gasteiger partial charge in [-0.3, -0.25) is 19.2 Å². The monoisotopic (exact) mass is 360 g/mol. The van der Waals surface area contributed by atoms with Crippen LogP contribution in [-0.2, 0) is 22.7 Å². The van der Waals surface area contributed by atoms with E-state index in [2.05, 4.69) is 23.8 Å². The Morgan fingerprint density at radius 3 is 2.38 bits per heavy atom. The van der Waals surface area contributed by atoms with E-state index < -0.39 is 17.8 Å². The molecule has 2 atom stereocenters. The summed E-state index contributed by atoms with van der Waals surface area (Å²) in [7, 11) is 0. The zero-order chi connectivity index (χ0) is 18.7. The van der Waals surface area contributed by atoms with Gasteiger partial charge in [0.1, 0.15) is 0 Å². The van der Waals surface area contributed by atoms with Gasteiger partial charge in [-0.25, -0.2) is 0 Å². The van der Waals surface area contributed by atoms with E-state index in [0.29, 0.717) is 25.9 Å². The summed E-state index contributed by atoms with van der Waals surface area (Å²) in [5.74, 6) is -1.88. The standard InChI is InChI=1S/C19H28N4O3/c1-3-23-14(2)15(12-20-23)13-21-8-10-22(11-9-21)18(24)16-6-4-5-7-17(16)19(25)26/h4-5,12,16-17H,3,6-11,13H2,1-2H3,(H,25,26)/t16-,17+/m1/s1. The van der Waals surface area contributed by atoms with Gasteiger partial charge in [0.2, 0.25) is 5.91 Å². The van der Waals surface area contributed by atoms with Crippen molar-refractivity contribution in [2.45, 2.75) is 39.8 Å². The first-order chi connectivity index (χ1) is 12.5. The smallest absolute Gasteiger partial charge is 0.307 e. The first kappa shape index (κ1) is 18.6. The third-order valence-corrected chi connectivity index (χ3v) is 5.65. The maximum atomic E-state index is 12.8. The number of rotatable bonds is 5. The fourth-order valence-corrected chi connectivity index (χ4v) is 3.92. The molecule has 1 N–H and O–H groups in total. The Labute approximate surface area is 154 Å². The number of piperazine rings is 1. The average molecular weight is 360 g/mol. The van der Waals surface area contributed by atoms with Crippen LogP contribution in [0.15, 0.2) is 18.3 Å². The van der Waals surface area contributed by atoms with E-state index in [1.165, 1.54) is 11.3 Å². The number of aromatic nitrogens is 2. The number of hydrogen-bond acceptors (Lipinski definition) is 4. The van der Waals surface area contributed by atoms with Gasteiger partial charge in [0, 0.05) is 50.5 Å². The number of allylic oxidation sites excluding steroid dienone is 2. The summed E-state index contributed by atoms with van der Waals surface area (Å²) in [6, 6.07) is 0. The number of hydrogen-bond donors (Lipinski definition) is 1. The van der Waals surface area contributed by atoms with E-state index in [1.54, 1.807) is 0 Å². The number of carboxylic acids is 1. The molecule has 1 aliphatic carbocycles. The van der Waals surface area contributed by atoms with E-state index in [1.807, 2.05) is 27.9 Å². The SMILES string of the molecule is CCn1ncc(CN2CCN(C(=O)[C@@H]3CC=CC[C@@H]3C(=O)O)CC2)c1C. The molecule has 0 spiro atoms. The Hall–Kier alpha value is -2.15. The zero-order valence-corrected chi connectivity index (χ0v) is 15.6. The molecule has 1 aromatic rings. The molecule has 2 heterocycles. The van der Waals surface area contributed by atoms with Gasteiger partial charge in [-0.05, 0) is 26.7 Å². The molecule has 0 unspecified atom stereocenters. The van der Waals surface area contributed by atoms with E-state index >= 15 is 0 Å². The fourth-order valence-electron chi connectivity index (χ4n) is 3.92. The summed E-state index contributed by atoms with van der Waals surface area (Å²) in [4.78, 5) is 28.5. The largest absolute Gasteiger partial charge is 0.481 e. The van der Waals surface area contributed by atoms with Gasteiger partial charge in [-0.1, -0.05) is 12.2 Å². The van der Waals surface area contributed by atoms with Crippen molar-refractivity contribution in [3.05, 3.63) is 29.6 Å². The second kappa shape index (κ2) is 8.03. The number of amides is 1. The minimum atomic E-state index is -0.866. The van der Waals surface area contributed by atoms with Crippen molar-refractivity contribution in [2.24, 2.45) is 11.8 Å². The normalized spacial score (nSPS) is 24.0. The highest BCUT2D eigenvalue weighted by atomic mass is 16.4. The molecule has 1 aliphatic heterocycles. The zero-order valence-electron chi connectivity index (χ0n) is 15.6.